The molecule has 2 aromatic carbocycles. The van der Waals surface area contributed by atoms with Crippen LogP contribution in [-0.4, -0.2) is 28.8 Å². The van der Waals surface area contributed by atoms with Crippen molar-refractivity contribution < 1.29 is 14.0 Å². The van der Waals surface area contributed by atoms with Gasteiger partial charge in [0.2, 0.25) is 5.91 Å². The first kappa shape index (κ1) is 18.1. The third kappa shape index (κ3) is 3.21. The van der Waals surface area contributed by atoms with E-state index in [0.717, 1.165) is 5.56 Å². The lowest BCUT2D eigenvalue weighted by atomic mass is 9.95. The number of hydrogen-bond acceptors (Lipinski definition) is 2. The Labute approximate surface area is 153 Å². The molecule has 3 rings (SSSR count). The number of nitrogens with zero attached hydrogens (tertiary/aromatic N) is 2. The maximum atomic E-state index is 13.4. The van der Waals surface area contributed by atoms with Gasteiger partial charge in [-0.15, -0.1) is 0 Å². The Morgan fingerprint density at radius 3 is 2.19 bits per heavy atom. The van der Waals surface area contributed by atoms with Crippen molar-refractivity contribution in [3.05, 3.63) is 65.5 Å². The molecular formula is C21H23FN2O2. The molecule has 2 aromatic rings. The van der Waals surface area contributed by atoms with E-state index in [1.807, 2.05) is 52.0 Å². The van der Waals surface area contributed by atoms with Crippen LogP contribution in [-0.2, 0) is 9.59 Å². The molecule has 1 fully saturated rings. The first-order chi connectivity index (χ1) is 12.2. The molecule has 0 saturated carbocycles. The van der Waals surface area contributed by atoms with Gasteiger partial charge in [0.25, 0.3) is 5.91 Å². The number of benzene rings is 2. The summed E-state index contributed by atoms with van der Waals surface area (Å²) in [5.41, 5.74) is 1.73. The van der Waals surface area contributed by atoms with Crippen LogP contribution in [0.4, 0.5) is 10.1 Å². The molecule has 4 nitrogen and oxygen atoms in total. The standard InChI is InChI=1S/C21H23FN2O2/c1-14-7-5-6-8-17(14)24-18(25)13-23(21(2,3)4)20(26)19(24)15-9-11-16(22)12-10-15/h5-12,19H,13H2,1-4H3/t19-/m0/s1. The van der Waals surface area contributed by atoms with Crippen molar-refractivity contribution in [1.82, 2.24) is 4.90 Å². The van der Waals surface area contributed by atoms with Crippen LogP contribution in [0.15, 0.2) is 48.5 Å². The minimum atomic E-state index is -0.808. The molecule has 136 valence electrons. The predicted molar refractivity (Wildman–Crippen MR) is 99.3 cm³/mol. The van der Waals surface area contributed by atoms with Crippen molar-refractivity contribution in [3.63, 3.8) is 0 Å². The highest BCUT2D eigenvalue weighted by molar-refractivity contribution is 6.07. The fourth-order valence-corrected chi connectivity index (χ4v) is 3.30. The van der Waals surface area contributed by atoms with Gasteiger partial charge in [-0.2, -0.15) is 0 Å². The zero-order chi connectivity index (χ0) is 19.1. The third-order valence-electron chi connectivity index (χ3n) is 4.69. The fraction of sp³-hybridized carbons (Fsp3) is 0.333. The lowest BCUT2D eigenvalue weighted by Crippen LogP contribution is -2.61. The van der Waals surface area contributed by atoms with E-state index in [2.05, 4.69) is 0 Å². The Kier molecular flexibility index (Phi) is 4.57. The topological polar surface area (TPSA) is 40.6 Å². The molecule has 1 atom stereocenters. The summed E-state index contributed by atoms with van der Waals surface area (Å²) in [5.74, 6) is -0.687. The van der Waals surface area contributed by atoms with Crippen LogP contribution >= 0.6 is 0 Å². The fourth-order valence-electron chi connectivity index (χ4n) is 3.30. The van der Waals surface area contributed by atoms with Crippen molar-refractivity contribution >= 4 is 17.5 Å². The van der Waals surface area contributed by atoms with E-state index in [4.69, 9.17) is 0 Å². The Hall–Kier alpha value is -2.69. The van der Waals surface area contributed by atoms with Crippen LogP contribution in [0.3, 0.4) is 0 Å². The largest absolute Gasteiger partial charge is 0.326 e. The zero-order valence-electron chi connectivity index (χ0n) is 15.5. The number of carbonyl (C=O) groups is 2. The van der Waals surface area contributed by atoms with Crippen LogP contribution in [0.2, 0.25) is 0 Å². The molecule has 1 aliphatic rings. The average molecular weight is 354 g/mol. The van der Waals surface area contributed by atoms with E-state index >= 15 is 0 Å². The third-order valence-corrected chi connectivity index (χ3v) is 4.69. The van der Waals surface area contributed by atoms with Crippen molar-refractivity contribution in [3.8, 4) is 0 Å². The SMILES string of the molecule is Cc1ccccc1N1C(=O)CN(C(C)(C)C)C(=O)[C@@H]1c1ccc(F)cc1. The second-order valence-electron chi connectivity index (χ2n) is 7.60. The summed E-state index contributed by atoms with van der Waals surface area (Å²) in [5, 5.41) is 0. The van der Waals surface area contributed by atoms with Crippen molar-refractivity contribution in [2.24, 2.45) is 0 Å². The monoisotopic (exact) mass is 354 g/mol. The number of anilines is 1. The van der Waals surface area contributed by atoms with Crippen LogP contribution < -0.4 is 4.90 Å². The molecule has 0 N–H and O–H groups in total. The lowest BCUT2D eigenvalue weighted by Gasteiger charge is -2.46. The van der Waals surface area contributed by atoms with Gasteiger partial charge in [-0.1, -0.05) is 30.3 Å². The minimum absolute atomic E-state index is 0.0222. The molecule has 0 radical (unpaired) electrons. The number of piperazine rings is 1. The van der Waals surface area contributed by atoms with Gasteiger partial charge in [0, 0.05) is 11.2 Å². The predicted octanol–water partition coefficient (Wildman–Crippen LogP) is 3.85. The average Bonchev–Trinajstić information content (AvgIpc) is 2.57. The van der Waals surface area contributed by atoms with E-state index in [9.17, 15) is 14.0 Å². The van der Waals surface area contributed by atoms with Crippen LogP contribution in [0.5, 0.6) is 0 Å². The van der Waals surface area contributed by atoms with Crippen molar-refractivity contribution in [2.45, 2.75) is 39.3 Å². The molecule has 5 heteroatoms. The molecular weight excluding hydrogens is 331 g/mol. The lowest BCUT2D eigenvalue weighted by molar-refractivity contribution is -0.146. The minimum Gasteiger partial charge on any atom is -0.326 e. The van der Waals surface area contributed by atoms with Gasteiger partial charge in [0.15, 0.2) is 0 Å². The van der Waals surface area contributed by atoms with Gasteiger partial charge >= 0.3 is 0 Å². The van der Waals surface area contributed by atoms with Crippen LogP contribution in [0, 0.1) is 12.7 Å². The van der Waals surface area contributed by atoms with E-state index in [1.54, 1.807) is 21.9 Å². The number of amides is 2. The summed E-state index contributed by atoms with van der Waals surface area (Å²) in [6.45, 7) is 7.65. The Balaban J connectivity index is 2.15. The molecule has 0 aromatic heterocycles. The summed E-state index contributed by atoms with van der Waals surface area (Å²) >= 11 is 0. The quantitative estimate of drug-likeness (QED) is 0.822. The first-order valence-electron chi connectivity index (χ1n) is 8.65. The highest BCUT2D eigenvalue weighted by Crippen LogP contribution is 2.36. The maximum Gasteiger partial charge on any atom is 0.251 e. The zero-order valence-corrected chi connectivity index (χ0v) is 15.5. The van der Waals surface area contributed by atoms with E-state index in [-0.39, 0.29) is 24.2 Å². The van der Waals surface area contributed by atoms with Crippen molar-refractivity contribution in [1.29, 1.82) is 0 Å². The summed E-state index contributed by atoms with van der Waals surface area (Å²) in [7, 11) is 0. The van der Waals surface area contributed by atoms with Crippen LogP contribution in [0.25, 0.3) is 0 Å². The summed E-state index contributed by atoms with van der Waals surface area (Å²) in [4.78, 5) is 29.5. The highest BCUT2D eigenvalue weighted by Gasteiger charge is 2.44. The molecule has 0 unspecified atom stereocenters. The Morgan fingerprint density at radius 2 is 1.62 bits per heavy atom. The molecule has 0 aliphatic carbocycles. The number of aryl methyl sites for hydroxylation is 1. The molecule has 1 saturated heterocycles. The normalized spacial score (nSPS) is 18.4. The summed E-state index contributed by atoms with van der Waals surface area (Å²) in [6, 6.07) is 12.5. The number of para-hydroxylation sites is 1. The van der Waals surface area contributed by atoms with Crippen molar-refractivity contribution in [2.75, 3.05) is 11.4 Å². The van der Waals surface area contributed by atoms with Crippen LogP contribution in [0.1, 0.15) is 37.9 Å². The molecule has 1 aliphatic heterocycles. The smallest absolute Gasteiger partial charge is 0.251 e. The first-order valence-corrected chi connectivity index (χ1v) is 8.65. The highest BCUT2D eigenvalue weighted by atomic mass is 19.1. The number of hydrogen-bond donors (Lipinski definition) is 0. The second-order valence-corrected chi connectivity index (χ2v) is 7.60. The molecule has 0 bridgehead atoms. The number of rotatable bonds is 2. The number of halogens is 1. The van der Waals surface area contributed by atoms with Gasteiger partial charge in [-0.3, -0.25) is 14.5 Å². The van der Waals surface area contributed by atoms with Gasteiger partial charge in [0.1, 0.15) is 18.4 Å². The molecule has 2 amide bonds. The summed E-state index contributed by atoms with van der Waals surface area (Å²) < 4.78 is 13.4. The number of carbonyl (C=O) groups excluding carboxylic acids is 2. The van der Waals surface area contributed by atoms with E-state index < -0.39 is 11.6 Å². The maximum absolute atomic E-state index is 13.4. The van der Waals surface area contributed by atoms with Gasteiger partial charge in [-0.25, -0.2) is 4.39 Å². The summed E-state index contributed by atoms with van der Waals surface area (Å²) in [6.07, 6.45) is 0. The Bertz CT molecular complexity index is 840. The molecule has 26 heavy (non-hydrogen) atoms. The molecule has 1 heterocycles. The van der Waals surface area contributed by atoms with E-state index in [0.29, 0.717) is 11.3 Å². The van der Waals surface area contributed by atoms with Gasteiger partial charge in [0.05, 0.1) is 0 Å². The Morgan fingerprint density at radius 1 is 1.00 bits per heavy atom. The van der Waals surface area contributed by atoms with Gasteiger partial charge in [-0.05, 0) is 57.0 Å². The van der Waals surface area contributed by atoms with Gasteiger partial charge < -0.3 is 4.90 Å². The van der Waals surface area contributed by atoms with E-state index in [1.165, 1.54) is 12.1 Å². The molecule has 0 spiro atoms. The second kappa shape index (κ2) is 6.56.